The summed E-state index contributed by atoms with van der Waals surface area (Å²) in [6, 6.07) is 16.1. The smallest absolute Gasteiger partial charge is 0.335 e. The van der Waals surface area contributed by atoms with Crippen LogP contribution in [0.1, 0.15) is 49.1 Å². The molecular weight excluding hydrogens is 462 g/mol. The van der Waals surface area contributed by atoms with Crippen molar-refractivity contribution in [3.63, 3.8) is 0 Å². The van der Waals surface area contributed by atoms with Crippen molar-refractivity contribution >= 4 is 23.5 Å². The molecule has 3 heterocycles. The van der Waals surface area contributed by atoms with Crippen LogP contribution in [0.5, 0.6) is 5.75 Å². The highest BCUT2D eigenvalue weighted by Crippen LogP contribution is 2.36. The lowest BCUT2D eigenvalue weighted by molar-refractivity contribution is 0.0594. The number of nitrogens with zero attached hydrogens (tertiary/aromatic N) is 2. The normalized spacial score (nSPS) is 18.2. The minimum Gasteiger partial charge on any atom is -0.497 e. The highest BCUT2D eigenvalue weighted by molar-refractivity contribution is 6.05. The summed E-state index contributed by atoms with van der Waals surface area (Å²) in [5, 5.41) is 11.8. The maximum Gasteiger partial charge on any atom is 0.335 e. The Bertz CT molecular complexity index is 1410. The molecular formula is C27H25N3O6. The second-order valence-electron chi connectivity index (χ2n) is 9.17. The van der Waals surface area contributed by atoms with Gasteiger partial charge in [-0.15, -0.1) is 0 Å². The first-order valence-corrected chi connectivity index (χ1v) is 11.7. The number of hydrogen-bond donors (Lipinski definition) is 2. The maximum atomic E-state index is 13.2. The molecule has 2 amide bonds. The first kappa shape index (κ1) is 23.3. The number of likely N-dealkylation sites (tertiary alicyclic amines) is 1. The van der Waals surface area contributed by atoms with Crippen LogP contribution in [0.4, 0.5) is 5.69 Å². The van der Waals surface area contributed by atoms with E-state index in [1.807, 2.05) is 11.0 Å². The van der Waals surface area contributed by atoms with Crippen LogP contribution in [0.25, 0.3) is 0 Å². The minimum absolute atomic E-state index is 0.00798. The van der Waals surface area contributed by atoms with Gasteiger partial charge in [-0.2, -0.15) is 0 Å². The minimum atomic E-state index is -1.13. The number of carbonyl (C=O) groups is 3. The van der Waals surface area contributed by atoms with E-state index in [-0.39, 0.29) is 40.1 Å². The first-order valence-electron chi connectivity index (χ1n) is 11.7. The average molecular weight is 488 g/mol. The number of carboxylic acids is 1. The van der Waals surface area contributed by atoms with Gasteiger partial charge in [-0.3, -0.25) is 14.4 Å². The lowest BCUT2D eigenvalue weighted by Gasteiger charge is -2.43. The van der Waals surface area contributed by atoms with E-state index in [9.17, 15) is 19.2 Å². The molecule has 2 bridgehead atoms. The lowest BCUT2D eigenvalue weighted by Crippen LogP contribution is -2.49. The highest BCUT2D eigenvalue weighted by atomic mass is 16.5. The summed E-state index contributed by atoms with van der Waals surface area (Å²) in [6.07, 6.45) is 0.888. The zero-order valence-electron chi connectivity index (χ0n) is 19.6. The fourth-order valence-electron chi connectivity index (χ4n) is 5.11. The number of piperidine rings is 1. The fraction of sp³-hybridized carbons (Fsp3) is 0.259. The van der Waals surface area contributed by atoms with Gasteiger partial charge >= 0.3 is 5.97 Å². The van der Waals surface area contributed by atoms with Gasteiger partial charge in [0.25, 0.3) is 17.4 Å². The third-order valence-electron chi connectivity index (χ3n) is 6.85. The number of aromatic nitrogens is 1. The predicted molar refractivity (Wildman–Crippen MR) is 132 cm³/mol. The number of methoxy groups -OCH3 is 1. The first-order chi connectivity index (χ1) is 17.3. The van der Waals surface area contributed by atoms with Crippen molar-refractivity contribution in [1.29, 1.82) is 0 Å². The van der Waals surface area contributed by atoms with E-state index < -0.39 is 11.9 Å². The summed E-state index contributed by atoms with van der Waals surface area (Å²) < 4.78 is 6.86. The van der Waals surface area contributed by atoms with Crippen molar-refractivity contribution in [2.45, 2.75) is 18.9 Å². The van der Waals surface area contributed by atoms with E-state index in [0.29, 0.717) is 30.9 Å². The van der Waals surface area contributed by atoms with Gasteiger partial charge in [0.1, 0.15) is 11.4 Å². The van der Waals surface area contributed by atoms with Crippen LogP contribution in [0.2, 0.25) is 0 Å². The molecule has 3 aromatic rings. The standard InChI is InChI=1S/C27H25N3O6/c1-36-21-7-5-17(6-8-21)25(32)29-13-16-11-20(15-29)23-10-9-22(26(33)30(23)14-16)28-24(31)18-3-2-4-19(12-18)27(34)35/h2-10,12,16,20H,11,13-15H2,1H3,(H,28,31)(H,34,35). The van der Waals surface area contributed by atoms with E-state index in [4.69, 9.17) is 9.84 Å². The van der Waals surface area contributed by atoms with Crippen LogP contribution in [-0.2, 0) is 6.54 Å². The molecule has 2 aromatic carbocycles. The summed E-state index contributed by atoms with van der Waals surface area (Å²) in [5.74, 6) is -0.908. The second kappa shape index (κ2) is 9.33. The molecule has 0 spiro atoms. The van der Waals surface area contributed by atoms with Crippen LogP contribution in [0, 0.1) is 5.92 Å². The number of aromatic carboxylic acids is 1. The Morgan fingerprint density at radius 3 is 2.42 bits per heavy atom. The monoisotopic (exact) mass is 487 g/mol. The van der Waals surface area contributed by atoms with Gasteiger partial charge in [-0.05, 0) is 66.9 Å². The van der Waals surface area contributed by atoms with E-state index in [0.717, 1.165) is 12.1 Å². The van der Waals surface area contributed by atoms with E-state index in [2.05, 4.69) is 5.32 Å². The SMILES string of the molecule is COc1ccc(C(=O)N2CC3CC(C2)c2ccc(NC(=O)c4cccc(C(=O)O)c4)c(=O)n2C3)cc1. The topological polar surface area (TPSA) is 118 Å². The molecule has 2 aliphatic rings. The van der Waals surface area contributed by atoms with Crippen LogP contribution in [-0.4, -0.2) is 52.6 Å². The Morgan fingerprint density at radius 2 is 1.69 bits per heavy atom. The second-order valence-corrected chi connectivity index (χ2v) is 9.17. The van der Waals surface area contributed by atoms with Crippen molar-refractivity contribution in [1.82, 2.24) is 9.47 Å². The number of benzene rings is 2. The molecule has 9 heteroatoms. The molecule has 1 aromatic heterocycles. The zero-order valence-corrected chi connectivity index (χ0v) is 19.6. The van der Waals surface area contributed by atoms with Crippen LogP contribution >= 0.6 is 0 Å². The van der Waals surface area contributed by atoms with Gasteiger partial charge < -0.3 is 24.6 Å². The largest absolute Gasteiger partial charge is 0.497 e. The van der Waals surface area contributed by atoms with E-state index in [1.54, 1.807) is 42.0 Å². The summed E-state index contributed by atoms with van der Waals surface area (Å²) in [6.45, 7) is 1.51. The molecule has 2 aliphatic heterocycles. The lowest BCUT2D eigenvalue weighted by atomic mass is 9.83. The van der Waals surface area contributed by atoms with Gasteiger partial charge in [0.2, 0.25) is 0 Å². The molecule has 1 saturated heterocycles. The van der Waals surface area contributed by atoms with Gasteiger partial charge in [-0.25, -0.2) is 4.79 Å². The van der Waals surface area contributed by atoms with Gasteiger partial charge in [-0.1, -0.05) is 6.07 Å². The number of carboxylic acid groups (broad SMARTS) is 1. The molecule has 0 saturated carbocycles. The maximum absolute atomic E-state index is 13.2. The number of ether oxygens (including phenoxy) is 1. The van der Waals surface area contributed by atoms with Gasteiger partial charge in [0, 0.05) is 42.4 Å². The molecule has 0 radical (unpaired) electrons. The molecule has 1 fully saturated rings. The number of pyridine rings is 1. The van der Waals surface area contributed by atoms with Crippen molar-refractivity contribution in [3.8, 4) is 5.75 Å². The number of anilines is 1. The van der Waals surface area contributed by atoms with Crippen LogP contribution < -0.4 is 15.6 Å². The number of carbonyl (C=O) groups excluding carboxylic acids is 2. The average Bonchev–Trinajstić information content (AvgIpc) is 2.90. The van der Waals surface area contributed by atoms with E-state index >= 15 is 0 Å². The van der Waals surface area contributed by atoms with Crippen molar-refractivity contribution in [3.05, 3.63) is 93.4 Å². The Balaban J connectivity index is 1.35. The van der Waals surface area contributed by atoms with Crippen molar-refractivity contribution in [2.75, 3.05) is 25.5 Å². The molecule has 5 rings (SSSR count). The highest BCUT2D eigenvalue weighted by Gasteiger charge is 2.37. The van der Waals surface area contributed by atoms with Crippen molar-refractivity contribution < 1.29 is 24.2 Å². The van der Waals surface area contributed by atoms with Crippen LogP contribution in [0.15, 0.2) is 65.5 Å². The van der Waals surface area contributed by atoms with Gasteiger partial charge in [0.05, 0.1) is 12.7 Å². The molecule has 2 N–H and O–H groups in total. The van der Waals surface area contributed by atoms with E-state index in [1.165, 1.54) is 24.3 Å². The Morgan fingerprint density at radius 1 is 0.944 bits per heavy atom. The van der Waals surface area contributed by atoms with Gasteiger partial charge in [0.15, 0.2) is 0 Å². The third kappa shape index (κ3) is 4.35. The molecule has 36 heavy (non-hydrogen) atoms. The molecule has 2 atom stereocenters. The quantitative estimate of drug-likeness (QED) is 0.571. The zero-order chi connectivity index (χ0) is 25.4. The molecule has 9 nitrogen and oxygen atoms in total. The Kier molecular flexibility index (Phi) is 6.05. The third-order valence-corrected chi connectivity index (χ3v) is 6.85. The summed E-state index contributed by atoms with van der Waals surface area (Å²) in [7, 11) is 1.58. The number of fused-ring (bicyclic) bond motifs is 4. The number of amides is 2. The molecule has 2 unspecified atom stereocenters. The Labute approximate surface area is 206 Å². The molecule has 0 aliphatic carbocycles. The predicted octanol–water partition coefficient (Wildman–Crippen LogP) is 3.07. The fourth-order valence-corrected chi connectivity index (χ4v) is 5.11. The van der Waals surface area contributed by atoms with Crippen molar-refractivity contribution in [2.24, 2.45) is 5.92 Å². The number of nitrogens with one attached hydrogen (secondary N) is 1. The summed E-state index contributed by atoms with van der Waals surface area (Å²) in [4.78, 5) is 52.1. The summed E-state index contributed by atoms with van der Waals surface area (Å²) >= 11 is 0. The molecule has 184 valence electrons. The summed E-state index contributed by atoms with van der Waals surface area (Å²) in [5.41, 5.74) is 1.41. The Hall–Kier alpha value is -4.40. The number of rotatable bonds is 5. The van der Waals surface area contributed by atoms with Crippen LogP contribution in [0.3, 0.4) is 0 Å². The number of hydrogen-bond acceptors (Lipinski definition) is 5.